The summed E-state index contributed by atoms with van der Waals surface area (Å²) in [7, 11) is 2.12. The van der Waals surface area contributed by atoms with Crippen molar-refractivity contribution in [2.75, 3.05) is 33.2 Å². The van der Waals surface area contributed by atoms with Crippen LogP contribution in [0.4, 0.5) is 0 Å². The predicted molar refractivity (Wildman–Crippen MR) is 55.5 cm³/mol. The molecule has 0 saturated heterocycles. The molecule has 0 unspecified atom stereocenters. The molecule has 0 spiro atoms. The van der Waals surface area contributed by atoms with Gasteiger partial charge >= 0.3 is 0 Å². The summed E-state index contributed by atoms with van der Waals surface area (Å²) in [5.74, 6) is 0. The molecule has 0 aromatic heterocycles. The highest BCUT2D eigenvalue weighted by atomic mass is 15.1. The zero-order valence-corrected chi connectivity index (χ0v) is 8.69. The minimum atomic E-state index is 0.957. The van der Waals surface area contributed by atoms with Gasteiger partial charge < -0.3 is 10.2 Å². The molecule has 0 radical (unpaired) electrons. The van der Waals surface area contributed by atoms with Gasteiger partial charge in [0, 0.05) is 13.1 Å². The van der Waals surface area contributed by atoms with Crippen molar-refractivity contribution in [3.63, 3.8) is 0 Å². The first kappa shape index (κ1) is 11.7. The van der Waals surface area contributed by atoms with E-state index in [1.165, 1.54) is 12.0 Å². The Morgan fingerprint density at radius 1 is 1.42 bits per heavy atom. The molecule has 0 fully saturated rings. The summed E-state index contributed by atoms with van der Waals surface area (Å²) < 4.78 is 0. The summed E-state index contributed by atoms with van der Waals surface area (Å²) in [6, 6.07) is 0. The van der Waals surface area contributed by atoms with Crippen molar-refractivity contribution in [1.29, 1.82) is 0 Å². The Balaban J connectivity index is 3.33. The van der Waals surface area contributed by atoms with Crippen LogP contribution in [-0.2, 0) is 0 Å². The van der Waals surface area contributed by atoms with E-state index in [2.05, 4.69) is 37.7 Å². The van der Waals surface area contributed by atoms with Crippen molar-refractivity contribution in [1.82, 2.24) is 10.2 Å². The van der Waals surface area contributed by atoms with Crippen LogP contribution < -0.4 is 5.32 Å². The lowest BCUT2D eigenvalue weighted by Crippen LogP contribution is -2.26. The van der Waals surface area contributed by atoms with Gasteiger partial charge in [-0.25, -0.2) is 0 Å². The van der Waals surface area contributed by atoms with E-state index in [0.717, 1.165) is 26.2 Å². The lowest BCUT2D eigenvalue weighted by Gasteiger charge is -2.15. The van der Waals surface area contributed by atoms with Crippen molar-refractivity contribution in [3.05, 3.63) is 12.2 Å². The van der Waals surface area contributed by atoms with Crippen LogP contribution in [0.1, 0.15) is 20.3 Å². The maximum absolute atomic E-state index is 4.01. The zero-order chi connectivity index (χ0) is 9.40. The molecule has 0 rings (SSSR count). The third kappa shape index (κ3) is 6.38. The Kier molecular flexibility index (Phi) is 7.11. The first-order chi connectivity index (χ1) is 5.70. The molecule has 0 amide bonds. The normalized spacial score (nSPS) is 10.7. The number of rotatable bonds is 7. The second kappa shape index (κ2) is 7.32. The first-order valence-corrected chi connectivity index (χ1v) is 4.76. The SMILES string of the molecule is C=C(CNCCC)CN(C)CC. The third-order valence-corrected chi connectivity index (χ3v) is 1.84. The highest BCUT2D eigenvalue weighted by Gasteiger charge is 1.97. The van der Waals surface area contributed by atoms with Crippen LogP contribution in [0.3, 0.4) is 0 Å². The fourth-order valence-corrected chi connectivity index (χ4v) is 0.991. The molecule has 1 N–H and O–H groups in total. The average molecular weight is 170 g/mol. The minimum Gasteiger partial charge on any atom is -0.313 e. The highest BCUT2D eigenvalue weighted by Crippen LogP contribution is 1.91. The molecule has 12 heavy (non-hydrogen) atoms. The fourth-order valence-electron chi connectivity index (χ4n) is 0.991. The van der Waals surface area contributed by atoms with Crippen molar-refractivity contribution in [2.45, 2.75) is 20.3 Å². The molecule has 0 atom stereocenters. The van der Waals surface area contributed by atoms with E-state index in [9.17, 15) is 0 Å². The zero-order valence-electron chi connectivity index (χ0n) is 8.69. The lowest BCUT2D eigenvalue weighted by atomic mass is 10.3. The van der Waals surface area contributed by atoms with Gasteiger partial charge in [-0.15, -0.1) is 0 Å². The summed E-state index contributed by atoms with van der Waals surface area (Å²) in [6.45, 7) is 12.5. The van der Waals surface area contributed by atoms with E-state index in [-0.39, 0.29) is 0 Å². The standard InChI is InChI=1S/C10H22N2/c1-5-7-11-8-10(3)9-12(4)6-2/h11H,3,5-9H2,1-2,4H3. The molecule has 0 aromatic rings. The second-order valence-electron chi connectivity index (χ2n) is 3.26. The lowest BCUT2D eigenvalue weighted by molar-refractivity contribution is 0.380. The number of nitrogens with zero attached hydrogens (tertiary/aromatic N) is 1. The molecule has 0 aliphatic heterocycles. The van der Waals surface area contributed by atoms with Crippen LogP contribution in [0.5, 0.6) is 0 Å². The Hall–Kier alpha value is -0.340. The van der Waals surface area contributed by atoms with Crippen LogP contribution in [0.25, 0.3) is 0 Å². The smallest absolute Gasteiger partial charge is 0.0199 e. The van der Waals surface area contributed by atoms with Crippen molar-refractivity contribution < 1.29 is 0 Å². The van der Waals surface area contributed by atoms with E-state index in [4.69, 9.17) is 0 Å². The average Bonchev–Trinajstić information content (AvgIpc) is 2.05. The molecule has 72 valence electrons. The quantitative estimate of drug-likeness (QED) is 0.460. The fraction of sp³-hybridized carbons (Fsp3) is 0.800. The Bertz CT molecular complexity index is 121. The van der Waals surface area contributed by atoms with E-state index in [1.54, 1.807) is 0 Å². The molecule has 0 aromatic carbocycles. The molecule has 2 nitrogen and oxygen atoms in total. The highest BCUT2D eigenvalue weighted by molar-refractivity contribution is 4.99. The maximum Gasteiger partial charge on any atom is 0.0199 e. The maximum atomic E-state index is 4.01. The van der Waals surface area contributed by atoms with Crippen LogP contribution >= 0.6 is 0 Å². The van der Waals surface area contributed by atoms with Gasteiger partial charge in [-0.05, 0) is 32.1 Å². The van der Waals surface area contributed by atoms with Crippen molar-refractivity contribution in [3.8, 4) is 0 Å². The van der Waals surface area contributed by atoms with Crippen LogP contribution in [0.15, 0.2) is 12.2 Å². The Morgan fingerprint density at radius 2 is 2.08 bits per heavy atom. The van der Waals surface area contributed by atoms with Crippen LogP contribution in [0, 0.1) is 0 Å². The molecule has 2 heteroatoms. The van der Waals surface area contributed by atoms with Gasteiger partial charge in [0.1, 0.15) is 0 Å². The van der Waals surface area contributed by atoms with Gasteiger partial charge in [0.15, 0.2) is 0 Å². The van der Waals surface area contributed by atoms with Crippen LogP contribution in [-0.4, -0.2) is 38.1 Å². The van der Waals surface area contributed by atoms with Crippen molar-refractivity contribution in [2.24, 2.45) is 0 Å². The first-order valence-electron chi connectivity index (χ1n) is 4.76. The molecular formula is C10H22N2. The van der Waals surface area contributed by atoms with E-state index in [1.807, 2.05) is 0 Å². The molecule has 0 aliphatic rings. The van der Waals surface area contributed by atoms with Gasteiger partial charge in [0.25, 0.3) is 0 Å². The Morgan fingerprint density at radius 3 is 2.58 bits per heavy atom. The second-order valence-corrected chi connectivity index (χ2v) is 3.26. The Labute approximate surface area is 76.6 Å². The molecule has 0 saturated carbocycles. The molecule has 0 aliphatic carbocycles. The van der Waals surface area contributed by atoms with E-state index in [0.29, 0.717) is 0 Å². The topological polar surface area (TPSA) is 15.3 Å². The van der Waals surface area contributed by atoms with E-state index >= 15 is 0 Å². The van der Waals surface area contributed by atoms with Gasteiger partial charge in [0.05, 0.1) is 0 Å². The van der Waals surface area contributed by atoms with Gasteiger partial charge in [-0.3, -0.25) is 0 Å². The molecular weight excluding hydrogens is 148 g/mol. The molecule has 0 bridgehead atoms. The number of likely N-dealkylation sites (N-methyl/N-ethyl adjacent to an activating group) is 1. The summed E-state index contributed by atoms with van der Waals surface area (Å²) in [5, 5.41) is 3.34. The summed E-state index contributed by atoms with van der Waals surface area (Å²) >= 11 is 0. The largest absolute Gasteiger partial charge is 0.313 e. The summed E-state index contributed by atoms with van der Waals surface area (Å²) in [4.78, 5) is 2.26. The number of nitrogens with one attached hydrogen (secondary N) is 1. The van der Waals surface area contributed by atoms with Crippen LogP contribution in [0.2, 0.25) is 0 Å². The minimum absolute atomic E-state index is 0.957. The number of hydrogen-bond donors (Lipinski definition) is 1. The van der Waals surface area contributed by atoms with Crippen molar-refractivity contribution >= 4 is 0 Å². The summed E-state index contributed by atoms with van der Waals surface area (Å²) in [6.07, 6.45) is 1.19. The number of hydrogen-bond acceptors (Lipinski definition) is 2. The monoisotopic (exact) mass is 170 g/mol. The van der Waals surface area contributed by atoms with Gasteiger partial charge in [-0.2, -0.15) is 0 Å². The third-order valence-electron chi connectivity index (χ3n) is 1.84. The predicted octanol–water partition coefficient (Wildman–Crippen LogP) is 1.49. The van der Waals surface area contributed by atoms with E-state index < -0.39 is 0 Å². The summed E-state index contributed by atoms with van der Waals surface area (Å²) in [5.41, 5.74) is 1.27. The van der Waals surface area contributed by atoms with Gasteiger partial charge in [-0.1, -0.05) is 20.4 Å². The molecule has 0 heterocycles. The van der Waals surface area contributed by atoms with Gasteiger partial charge in [0.2, 0.25) is 0 Å².